The Morgan fingerprint density at radius 1 is 1.42 bits per heavy atom. The molecule has 19 heavy (non-hydrogen) atoms. The molecule has 0 radical (unpaired) electrons. The third kappa shape index (κ3) is 3.20. The van der Waals surface area contributed by atoms with Crippen molar-refractivity contribution in [2.24, 2.45) is 5.92 Å². The number of anilines is 1. The Morgan fingerprint density at radius 3 is 2.89 bits per heavy atom. The van der Waals surface area contributed by atoms with Gasteiger partial charge < -0.3 is 10.1 Å². The third-order valence-electron chi connectivity index (χ3n) is 3.02. The van der Waals surface area contributed by atoms with Crippen molar-refractivity contribution in [3.63, 3.8) is 0 Å². The van der Waals surface area contributed by atoms with Crippen LogP contribution in [0.2, 0.25) is 0 Å². The van der Waals surface area contributed by atoms with Crippen LogP contribution in [0.1, 0.15) is 26.5 Å². The molecule has 0 aliphatic carbocycles. The molecule has 2 heterocycles. The van der Waals surface area contributed by atoms with Gasteiger partial charge in [-0.05, 0) is 19.8 Å². The Hall–Kier alpha value is -1.69. The van der Waals surface area contributed by atoms with Gasteiger partial charge in [-0.25, -0.2) is 4.98 Å². The van der Waals surface area contributed by atoms with Crippen LogP contribution in [0, 0.1) is 12.8 Å². The molecule has 6 nitrogen and oxygen atoms in total. The summed E-state index contributed by atoms with van der Waals surface area (Å²) in [7, 11) is 0. The highest BCUT2D eigenvalue weighted by molar-refractivity contribution is 5.45. The molecule has 0 bridgehead atoms. The first-order valence-corrected chi connectivity index (χ1v) is 6.63. The predicted molar refractivity (Wildman–Crippen MR) is 74.3 cm³/mol. The Kier molecular flexibility index (Phi) is 4.31. The maximum absolute atomic E-state index is 5.53. The summed E-state index contributed by atoms with van der Waals surface area (Å²) in [6.07, 6.45) is 1.51. The number of ether oxygens (including phenoxy) is 1. The molecule has 0 aliphatic heterocycles. The van der Waals surface area contributed by atoms with Crippen LogP contribution in [0.25, 0.3) is 5.78 Å². The second-order valence-corrected chi connectivity index (χ2v) is 4.91. The van der Waals surface area contributed by atoms with E-state index in [1.54, 1.807) is 4.52 Å². The number of nitrogens with zero attached hydrogens (tertiary/aromatic N) is 4. The maximum Gasteiger partial charge on any atom is 0.254 e. The SMILES string of the molecule is CCOCC(Nc1cc(C)nc2ncnn12)C(C)C. The van der Waals surface area contributed by atoms with Gasteiger partial charge in [0.15, 0.2) is 0 Å². The summed E-state index contributed by atoms with van der Waals surface area (Å²) < 4.78 is 7.25. The quantitative estimate of drug-likeness (QED) is 0.862. The van der Waals surface area contributed by atoms with Crippen molar-refractivity contribution in [1.82, 2.24) is 19.6 Å². The van der Waals surface area contributed by atoms with Gasteiger partial charge in [-0.3, -0.25) is 0 Å². The lowest BCUT2D eigenvalue weighted by Gasteiger charge is -2.23. The van der Waals surface area contributed by atoms with E-state index in [0.29, 0.717) is 18.3 Å². The molecule has 1 atom stereocenters. The molecule has 0 spiro atoms. The molecule has 0 saturated carbocycles. The molecule has 104 valence electrons. The van der Waals surface area contributed by atoms with E-state index in [1.807, 2.05) is 19.9 Å². The van der Waals surface area contributed by atoms with Crippen molar-refractivity contribution in [3.8, 4) is 0 Å². The molecule has 2 rings (SSSR count). The number of rotatable bonds is 6. The van der Waals surface area contributed by atoms with E-state index in [0.717, 1.165) is 18.1 Å². The van der Waals surface area contributed by atoms with Crippen LogP contribution in [-0.4, -0.2) is 38.8 Å². The average Bonchev–Trinajstić information content (AvgIpc) is 2.81. The lowest BCUT2D eigenvalue weighted by atomic mass is 10.1. The third-order valence-corrected chi connectivity index (χ3v) is 3.02. The molecule has 0 saturated heterocycles. The molecule has 6 heteroatoms. The molecular weight excluding hydrogens is 242 g/mol. The molecule has 0 fully saturated rings. The summed E-state index contributed by atoms with van der Waals surface area (Å²) in [5, 5.41) is 7.67. The first-order chi connectivity index (χ1) is 9.11. The minimum Gasteiger partial charge on any atom is -0.380 e. The molecule has 2 aromatic rings. The van der Waals surface area contributed by atoms with Gasteiger partial charge in [-0.1, -0.05) is 13.8 Å². The van der Waals surface area contributed by atoms with Crippen LogP contribution in [-0.2, 0) is 4.74 Å². The van der Waals surface area contributed by atoms with Crippen molar-refractivity contribution in [1.29, 1.82) is 0 Å². The van der Waals surface area contributed by atoms with E-state index in [-0.39, 0.29) is 6.04 Å². The topological polar surface area (TPSA) is 64.3 Å². The number of nitrogens with one attached hydrogen (secondary N) is 1. The van der Waals surface area contributed by atoms with E-state index in [9.17, 15) is 0 Å². The Balaban J connectivity index is 2.25. The number of fused-ring (bicyclic) bond motifs is 1. The Morgan fingerprint density at radius 2 is 2.21 bits per heavy atom. The predicted octanol–water partition coefficient (Wildman–Crippen LogP) is 1.91. The van der Waals surface area contributed by atoms with Crippen LogP contribution in [0.15, 0.2) is 12.4 Å². The zero-order chi connectivity index (χ0) is 13.8. The molecular formula is C13H21N5O. The highest BCUT2D eigenvalue weighted by Crippen LogP contribution is 2.14. The van der Waals surface area contributed by atoms with Crippen LogP contribution in [0.5, 0.6) is 0 Å². The van der Waals surface area contributed by atoms with E-state index >= 15 is 0 Å². The monoisotopic (exact) mass is 263 g/mol. The standard InChI is InChI=1S/C13H21N5O/c1-5-19-7-11(9(2)3)17-12-6-10(4)16-13-14-8-15-18(12)13/h6,8-9,11,17H,5,7H2,1-4H3. The molecule has 1 N–H and O–H groups in total. The lowest BCUT2D eigenvalue weighted by molar-refractivity contribution is 0.126. The number of hydrogen-bond donors (Lipinski definition) is 1. The zero-order valence-electron chi connectivity index (χ0n) is 11.9. The summed E-state index contributed by atoms with van der Waals surface area (Å²) in [6.45, 7) is 9.69. The number of hydrogen-bond acceptors (Lipinski definition) is 5. The summed E-state index contributed by atoms with van der Waals surface area (Å²) in [6, 6.07) is 2.21. The van der Waals surface area contributed by atoms with Crippen molar-refractivity contribution in [2.45, 2.75) is 33.7 Å². The minimum atomic E-state index is 0.231. The zero-order valence-corrected chi connectivity index (χ0v) is 11.9. The molecule has 0 aromatic carbocycles. The molecule has 0 aliphatic rings. The fourth-order valence-electron chi connectivity index (χ4n) is 1.87. The highest BCUT2D eigenvalue weighted by atomic mass is 16.5. The van der Waals surface area contributed by atoms with Gasteiger partial charge in [0.05, 0.1) is 12.6 Å². The minimum absolute atomic E-state index is 0.231. The van der Waals surface area contributed by atoms with E-state index in [2.05, 4.69) is 34.2 Å². The summed E-state index contributed by atoms with van der Waals surface area (Å²) in [5.41, 5.74) is 0.918. The van der Waals surface area contributed by atoms with Crippen molar-refractivity contribution < 1.29 is 4.74 Å². The highest BCUT2D eigenvalue weighted by Gasteiger charge is 2.15. The second kappa shape index (κ2) is 5.97. The Bertz CT molecular complexity index is 537. The number of aromatic nitrogens is 4. The van der Waals surface area contributed by atoms with Crippen LogP contribution in [0.4, 0.5) is 5.82 Å². The maximum atomic E-state index is 5.53. The van der Waals surface area contributed by atoms with Crippen molar-refractivity contribution in [2.75, 3.05) is 18.5 Å². The fraction of sp³-hybridized carbons (Fsp3) is 0.615. The summed E-state index contributed by atoms with van der Waals surface area (Å²) in [5.74, 6) is 1.97. The van der Waals surface area contributed by atoms with Crippen LogP contribution < -0.4 is 5.32 Å². The van der Waals surface area contributed by atoms with Crippen molar-refractivity contribution >= 4 is 11.6 Å². The van der Waals surface area contributed by atoms with Gasteiger partial charge in [0, 0.05) is 18.4 Å². The van der Waals surface area contributed by atoms with Gasteiger partial charge in [0.2, 0.25) is 0 Å². The van der Waals surface area contributed by atoms with E-state index in [4.69, 9.17) is 4.74 Å². The lowest BCUT2D eigenvalue weighted by Crippen LogP contribution is -2.32. The number of aryl methyl sites for hydroxylation is 1. The fourth-order valence-corrected chi connectivity index (χ4v) is 1.87. The largest absolute Gasteiger partial charge is 0.380 e. The Labute approximate surface area is 113 Å². The van der Waals surface area contributed by atoms with Gasteiger partial charge in [0.1, 0.15) is 12.1 Å². The molecule has 0 amide bonds. The smallest absolute Gasteiger partial charge is 0.254 e. The average molecular weight is 263 g/mol. The molecule has 2 aromatic heterocycles. The summed E-state index contributed by atoms with van der Waals surface area (Å²) >= 11 is 0. The van der Waals surface area contributed by atoms with E-state index in [1.165, 1.54) is 6.33 Å². The van der Waals surface area contributed by atoms with Crippen LogP contribution >= 0.6 is 0 Å². The van der Waals surface area contributed by atoms with Gasteiger partial charge >= 0.3 is 0 Å². The van der Waals surface area contributed by atoms with Gasteiger partial charge in [-0.2, -0.15) is 14.6 Å². The van der Waals surface area contributed by atoms with Crippen molar-refractivity contribution in [3.05, 3.63) is 18.1 Å². The van der Waals surface area contributed by atoms with E-state index < -0.39 is 0 Å². The van der Waals surface area contributed by atoms with Gasteiger partial charge in [-0.15, -0.1) is 0 Å². The first kappa shape index (κ1) is 13.7. The van der Waals surface area contributed by atoms with Gasteiger partial charge in [0.25, 0.3) is 5.78 Å². The summed E-state index contributed by atoms with van der Waals surface area (Å²) in [4.78, 5) is 8.45. The molecule has 1 unspecified atom stereocenters. The second-order valence-electron chi connectivity index (χ2n) is 4.91. The first-order valence-electron chi connectivity index (χ1n) is 6.63. The van der Waals surface area contributed by atoms with Crippen LogP contribution in [0.3, 0.4) is 0 Å². The normalized spacial score (nSPS) is 13.1.